The fraction of sp³-hybridized carbons (Fsp3) is 0.278. The summed E-state index contributed by atoms with van der Waals surface area (Å²) in [7, 11) is 0. The van der Waals surface area contributed by atoms with Gasteiger partial charge in [0.2, 0.25) is 0 Å². The Morgan fingerprint density at radius 1 is 1.17 bits per heavy atom. The van der Waals surface area contributed by atoms with Crippen molar-refractivity contribution >= 4 is 0 Å². The maximum Gasteiger partial charge on any atom is 0.123 e. The Morgan fingerprint density at radius 3 is 2.61 bits per heavy atom. The van der Waals surface area contributed by atoms with Crippen molar-refractivity contribution in [2.45, 2.75) is 26.5 Å². The van der Waals surface area contributed by atoms with E-state index in [1.54, 1.807) is 12.1 Å². The summed E-state index contributed by atoms with van der Waals surface area (Å²) in [5.74, 6) is -0.248. The van der Waals surface area contributed by atoms with Crippen LogP contribution in [0, 0.1) is 5.82 Å². The zero-order chi connectivity index (χ0) is 16.2. The van der Waals surface area contributed by atoms with Gasteiger partial charge >= 0.3 is 0 Å². The lowest BCUT2D eigenvalue weighted by atomic mass is 10.1. The predicted octanol–water partition coefficient (Wildman–Crippen LogP) is 4.11. The summed E-state index contributed by atoms with van der Waals surface area (Å²) in [6, 6.07) is 8.42. The van der Waals surface area contributed by atoms with Gasteiger partial charge in [0.15, 0.2) is 0 Å². The average molecular weight is 313 g/mol. The Balaban J connectivity index is 1.96. The Kier molecular flexibility index (Phi) is 4.57. The standard InChI is InChI=1S/C18H20FN3O/c1-13(2)23-10-9-22-12-21-17(14-3-5-16(19)6-4-14)18(22)15-7-8-20-11-15/h3-8,11-13,20H,9-10H2,1-2H3. The van der Waals surface area contributed by atoms with E-state index in [9.17, 15) is 4.39 Å². The maximum atomic E-state index is 13.2. The van der Waals surface area contributed by atoms with Crippen molar-refractivity contribution in [3.05, 3.63) is 54.9 Å². The molecule has 3 aromatic rings. The first-order valence-electron chi connectivity index (χ1n) is 7.71. The Morgan fingerprint density at radius 2 is 1.96 bits per heavy atom. The summed E-state index contributed by atoms with van der Waals surface area (Å²) in [4.78, 5) is 7.62. The van der Waals surface area contributed by atoms with E-state index in [2.05, 4.69) is 14.5 Å². The number of nitrogens with one attached hydrogen (secondary N) is 1. The van der Waals surface area contributed by atoms with E-state index in [4.69, 9.17) is 4.74 Å². The van der Waals surface area contributed by atoms with Crippen LogP contribution in [-0.4, -0.2) is 27.2 Å². The molecule has 5 heteroatoms. The summed E-state index contributed by atoms with van der Waals surface area (Å²) in [6.45, 7) is 5.37. The number of hydrogen-bond acceptors (Lipinski definition) is 2. The molecule has 2 aromatic heterocycles. The summed E-state index contributed by atoms with van der Waals surface area (Å²) >= 11 is 0. The van der Waals surface area contributed by atoms with Crippen LogP contribution in [0.15, 0.2) is 49.1 Å². The average Bonchev–Trinajstić information content (AvgIpc) is 3.16. The molecule has 0 aliphatic rings. The van der Waals surface area contributed by atoms with E-state index in [1.165, 1.54) is 12.1 Å². The van der Waals surface area contributed by atoms with Gasteiger partial charge in [-0.25, -0.2) is 9.37 Å². The summed E-state index contributed by atoms with van der Waals surface area (Å²) < 4.78 is 20.9. The quantitative estimate of drug-likeness (QED) is 0.744. The molecule has 0 saturated carbocycles. The van der Waals surface area contributed by atoms with E-state index >= 15 is 0 Å². The van der Waals surface area contributed by atoms with Crippen LogP contribution in [0.25, 0.3) is 22.5 Å². The van der Waals surface area contributed by atoms with Crippen LogP contribution >= 0.6 is 0 Å². The predicted molar refractivity (Wildman–Crippen MR) is 88.5 cm³/mol. The lowest BCUT2D eigenvalue weighted by molar-refractivity contribution is 0.0729. The second-order valence-corrected chi connectivity index (χ2v) is 5.66. The largest absolute Gasteiger partial charge is 0.377 e. The third kappa shape index (κ3) is 3.51. The monoisotopic (exact) mass is 313 g/mol. The number of halogens is 1. The van der Waals surface area contributed by atoms with Crippen LogP contribution in [0.2, 0.25) is 0 Å². The number of aromatic nitrogens is 3. The first-order valence-corrected chi connectivity index (χ1v) is 7.71. The van der Waals surface area contributed by atoms with Gasteiger partial charge in [0.25, 0.3) is 0 Å². The number of H-pyrrole nitrogens is 1. The normalized spacial score (nSPS) is 11.3. The van der Waals surface area contributed by atoms with Crippen molar-refractivity contribution < 1.29 is 9.13 Å². The molecule has 1 aromatic carbocycles. The molecule has 4 nitrogen and oxygen atoms in total. The molecule has 2 heterocycles. The van der Waals surface area contributed by atoms with Crippen molar-refractivity contribution in [2.24, 2.45) is 0 Å². The minimum atomic E-state index is -0.248. The van der Waals surface area contributed by atoms with Gasteiger partial charge < -0.3 is 14.3 Å². The molecule has 0 atom stereocenters. The summed E-state index contributed by atoms with van der Waals surface area (Å²) in [5, 5.41) is 0. The third-order valence-corrected chi connectivity index (χ3v) is 3.61. The molecule has 0 aliphatic carbocycles. The minimum absolute atomic E-state index is 0.200. The summed E-state index contributed by atoms with van der Waals surface area (Å²) in [5.41, 5.74) is 3.79. The molecule has 23 heavy (non-hydrogen) atoms. The molecular weight excluding hydrogens is 293 g/mol. The smallest absolute Gasteiger partial charge is 0.123 e. The van der Waals surface area contributed by atoms with Gasteiger partial charge in [0, 0.05) is 30.1 Å². The Bertz CT molecular complexity index is 745. The second kappa shape index (κ2) is 6.79. The molecule has 0 saturated heterocycles. The van der Waals surface area contributed by atoms with E-state index < -0.39 is 0 Å². The highest BCUT2D eigenvalue weighted by atomic mass is 19.1. The fourth-order valence-electron chi connectivity index (χ4n) is 2.53. The van der Waals surface area contributed by atoms with Gasteiger partial charge in [-0.3, -0.25) is 0 Å². The molecule has 120 valence electrons. The number of benzene rings is 1. The first-order chi connectivity index (χ1) is 11.1. The van der Waals surface area contributed by atoms with E-state index in [-0.39, 0.29) is 11.9 Å². The van der Waals surface area contributed by atoms with Crippen molar-refractivity contribution in [1.82, 2.24) is 14.5 Å². The van der Waals surface area contributed by atoms with Crippen molar-refractivity contribution in [3.63, 3.8) is 0 Å². The Hall–Kier alpha value is -2.40. The lowest BCUT2D eigenvalue weighted by Gasteiger charge is -2.11. The highest BCUT2D eigenvalue weighted by molar-refractivity contribution is 5.78. The maximum absolute atomic E-state index is 13.2. The zero-order valence-corrected chi connectivity index (χ0v) is 13.3. The fourth-order valence-corrected chi connectivity index (χ4v) is 2.53. The number of nitrogens with zero attached hydrogens (tertiary/aromatic N) is 2. The van der Waals surface area contributed by atoms with Crippen LogP contribution in [0.3, 0.4) is 0 Å². The van der Waals surface area contributed by atoms with Crippen molar-refractivity contribution in [1.29, 1.82) is 0 Å². The van der Waals surface area contributed by atoms with Gasteiger partial charge in [-0.1, -0.05) is 0 Å². The molecule has 0 fully saturated rings. The first kappa shape index (κ1) is 15.5. The molecule has 0 bridgehead atoms. The molecule has 1 N–H and O–H groups in total. The third-order valence-electron chi connectivity index (χ3n) is 3.61. The van der Waals surface area contributed by atoms with Crippen LogP contribution in [0.4, 0.5) is 4.39 Å². The molecule has 0 spiro atoms. The van der Waals surface area contributed by atoms with Gasteiger partial charge in [-0.05, 0) is 44.2 Å². The van der Waals surface area contributed by atoms with Gasteiger partial charge in [0.05, 0.1) is 30.4 Å². The second-order valence-electron chi connectivity index (χ2n) is 5.66. The molecule has 3 rings (SSSR count). The van der Waals surface area contributed by atoms with E-state index in [1.807, 2.05) is 38.6 Å². The SMILES string of the molecule is CC(C)OCCn1cnc(-c2ccc(F)cc2)c1-c1cc[nH]c1. The van der Waals surface area contributed by atoms with Crippen molar-refractivity contribution in [3.8, 4) is 22.5 Å². The molecule has 0 unspecified atom stereocenters. The van der Waals surface area contributed by atoms with Crippen LogP contribution < -0.4 is 0 Å². The number of aromatic amines is 1. The molecule has 0 radical (unpaired) electrons. The number of ether oxygens (including phenoxy) is 1. The summed E-state index contributed by atoms with van der Waals surface area (Å²) in [6.07, 6.45) is 5.83. The zero-order valence-electron chi connectivity index (χ0n) is 13.3. The van der Waals surface area contributed by atoms with Crippen LogP contribution in [0.5, 0.6) is 0 Å². The molecule has 0 aliphatic heterocycles. The van der Waals surface area contributed by atoms with Crippen LogP contribution in [0.1, 0.15) is 13.8 Å². The van der Waals surface area contributed by atoms with Crippen molar-refractivity contribution in [2.75, 3.05) is 6.61 Å². The van der Waals surface area contributed by atoms with Gasteiger partial charge in [-0.2, -0.15) is 0 Å². The van der Waals surface area contributed by atoms with E-state index in [0.29, 0.717) is 13.2 Å². The highest BCUT2D eigenvalue weighted by Gasteiger charge is 2.15. The van der Waals surface area contributed by atoms with E-state index in [0.717, 1.165) is 22.5 Å². The van der Waals surface area contributed by atoms with Gasteiger partial charge in [0.1, 0.15) is 5.82 Å². The topological polar surface area (TPSA) is 42.8 Å². The molecule has 0 amide bonds. The molecular formula is C18H20FN3O. The number of imidazole rings is 1. The number of rotatable bonds is 6. The lowest BCUT2D eigenvalue weighted by Crippen LogP contribution is -2.10. The Labute approximate surface area is 134 Å². The number of hydrogen-bond donors (Lipinski definition) is 1. The van der Waals surface area contributed by atoms with Crippen LogP contribution in [-0.2, 0) is 11.3 Å². The highest BCUT2D eigenvalue weighted by Crippen LogP contribution is 2.31. The minimum Gasteiger partial charge on any atom is -0.377 e. The van der Waals surface area contributed by atoms with Gasteiger partial charge in [-0.15, -0.1) is 0 Å².